The summed E-state index contributed by atoms with van der Waals surface area (Å²) in [5.41, 5.74) is 0. The molecular weight excluding hydrogens is 1140 g/mol. The van der Waals surface area contributed by atoms with Gasteiger partial charge in [-0.2, -0.15) is 26.3 Å². The molecule has 0 aromatic rings. The first-order valence-electron chi connectivity index (χ1n) is 29.1. The maximum absolute atomic E-state index is 13.7. The number of carbonyl (C=O) groups is 2. The highest BCUT2D eigenvalue weighted by molar-refractivity contribution is 7.54. The van der Waals surface area contributed by atoms with Gasteiger partial charge in [-0.25, -0.2) is 0 Å². The summed E-state index contributed by atoms with van der Waals surface area (Å²) in [4.78, 5) is 25.2. The number of ether oxygens (including phenoxy) is 1. The molecule has 0 spiro atoms. The second-order valence-electron chi connectivity index (χ2n) is 29.2. The Balaban J connectivity index is 7.53. The van der Waals surface area contributed by atoms with E-state index in [0.717, 1.165) is 12.7 Å². The number of esters is 1. The van der Waals surface area contributed by atoms with E-state index in [1.165, 1.54) is 6.08 Å². The Morgan fingerprint density at radius 2 is 0.938 bits per heavy atom. The van der Waals surface area contributed by atoms with Gasteiger partial charge in [0.25, 0.3) is 0 Å². The Hall–Kier alpha value is -1.46. The number of hydrogen-bond donors (Lipinski definition) is 0. The fraction of sp³-hybridized carbons (Fsp3) is 0.833. The smallest absolute Gasteiger partial charge is 0.412 e. The SMILES string of the molecule is C=C/C=C\[C@H](C)[C@H](OC(=O)CP(=O)(OCC(F)(F)F)OCC(F)(F)F)[C@@H](C)[C@@H](CC[C@H](C)C[C@H](C)[C@@H](O[Si](C)(C)C(C)(C)C)C(C)/C=C\[C@H](C[C@H](O[Si](C)(C)C(C)(C)C)[C@H](C)/C=C/C=O)O[Si](C)(C)C(C)(C)C)O[Si](C)(C)C(C)(C)C. The number of rotatable bonds is 34. The fourth-order valence-electron chi connectivity index (χ4n) is 8.29. The summed E-state index contributed by atoms with van der Waals surface area (Å²) in [5.74, 6) is -2.39. The van der Waals surface area contributed by atoms with Gasteiger partial charge in [0, 0.05) is 18.3 Å². The topological polar surface area (TPSA) is 116 Å². The summed E-state index contributed by atoms with van der Waals surface area (Å²) in [5, 5.41) is -0.445. The number of alkyl halides is 6. The van der Waals surface area contributed by atoms with E-state index in [4.69, 9.17) is 22.4 Å². The van der Waals surface area contributed by atoms with Crippen molar-refractivity contribution in [2.75, 3.05) is 19.4 Å². The molecule has 0 aliphatic rings. The Labute approximate surface area is 492 Å². The van der Waals surface area contributed by atoms with Crippen molar-refractivity contribution in [3.63, 3.8) is 0 Å². The van der Waals surface area contributed by atoms with Gasteiger partial charge in [0.1, 0.15) is 18.6 Å². The fourth-order valence-corrected chi connectivity index (χ4v) is 15.3. The minimum atomic E-state index is -5.32. The van der Waals surface area contributed by atoms with Crippen LogP contribution in [0.4, 0.5) is 26.3 Å². The average Bonchev–Trinajstić information content (AvgIpc) is 3.27. The Morgan fingerprint density at radius 1 is 0.531 bits per heavy atom. The van der Waals surface area contributed by atoms with E-state index < -0.39 is 103 Å². The molecule has 476 valence electrons. The molecule has 0 aliphatic carbocycles. The van der Waals surface area contributed by atoms with Gasteiger partial charge in [0.15, 0.2) is 46.5 Å². The predicted molar refractivity (Wildman–Crippen MR) is 332 cm³/mol. The van der Waals surface area contributed by atoms with Crippen molar-refractivity contribution in [2.24, 2.45) is 35.5 Å². The molecule has 0 rings (SSSR count). The third-order valence-corrected chi connectivity index (χ3v) is 37.3. The van der Waals surface area contributed by atoms with Crippen LogP contribution in [0, 0.1) is 35.5 Å². The molecule has 0 N–H and O–H groups in total. The van der Waals surface area contributed by atoms with E-state index in [2.05, 4.69) is 191 Å². The van der Waals surface area contributed by atoms with Crippen molar-refractivity contribution >= 4 is 53.1 Å². The highest BCUT2D eigenvalue weighted by Gasteiger charge is 2.47. The number of carbonyl (C=O) groups excluding carboxylic acids is 2. The van der Waals surface area contributed by atoms with E-state index in [1.807, 2.05) is 13.0 Å². The first-order valence-corrected chi connectivity index (χ1v) is 42.5. The maximum atomic E-state index is 13.7. The van der Waals surface area contributed by atoms with Crippen LogP contribution in [0.15, 0.2) is 49.1 Å². The number of aldehydes is 1. The molecule has 10 nitrogen and oxygen atoms in total. The molecule has 0 aromatic heterocycles. The first kappa shape index (κ1) is 79.5. The van der Waals surface area contributed by atoms with Crippen LogP contribution in [-0.2, 0) is 45.6 Å². The van der Waals surface area contributed by atoms with Gasteiger partial charge in [-0.3, -0.25) is 23.2 Å². The van der Waals surface area contributed by atoms with Crippen LogP contribution in [0.3, 0.4) is 0 Å². The lowest BCUT2D eigenvalue weighted by atomic mass is 9.82. The highest BCUT2D eigenvalue weighted by atomic mass is 31.2. The maximum Gasteiger partial charge on any atom is 0.412 e. The van der Waals surface area contributed by atoms with Crippen molar-refractivity contribution < 1.29 is 72.0 Å². The van der Waals surface area contributed by atoms with E-state index in [-0.39, 0.29) is 62.1 Å². The lowest BCUT2D eigenvalue weighted by Gasteiger charge is -2.44. The number of hydrogen-bond acceptors (Lipinski definition) is 10. The van der Waals surface area contributed by atoms with Crippen molar-refractivity contribution in [2.45, 2.75) is 266 Å². The quantitative estimate of drug-likeness (QED) is 0.00901. The van der Waals surface area contributed by atoms with Gasteiger partial charge >= 0.3 is 25.9 Å². The Kier molecular flexibility index (Phi) is 30.9. The van der Waals surface area contributed by atoms with Crippen molar-refractivity contribution in [3.05, 3.63) is 49.1 Å². The molecule has 0 fully saturated rings. The van der Waals surface area contributed by atoms with Gasteiger partial charge < -0.3 is 22.4 Å². The minimum absolute atomic E-state index is 0.0396. The molecule has 81 heavy (non-hydrogen) atoms. The molecule has 0 amide bonds. The van der Waals surface area contributed by atoms with Gasteiger partial charge in [0.05, 0.1) is 24.4 Å². The van der Waals surface area contributed by atoms with Crippen molar-refractivity contribution in [1.82, 2.24) is 0 Å². The molecule has 0 aliphatic heterocycles. The normalized spacial score (nSPS) is 18.8. The van der Waals surface area contributed by atoms with Crippen LogP contribution in [0.1, 0.15) is 150 Å². The second-order valence-corrected chi connectivity index (χ2v) is 50.3. The van der Waals surface area contributed by atoms with Crippen LogP contribution in [-0.4, -0.2) is 108 Å². The van der Waals surface area contributed by atoms with E-state index in [9.17, 15) is 40.5 Å². The zero-order valence-electron chi connectivity index (χ0n) is 54.9. The third kappa shape index (κ3) is 28.3. The zero-order chi connectivity index (χ0) is 64.0. The van der Waals surface area contributed by atoms with E-state index in [0.29, 0.717) is 19.3 Å². The summed E-state index contributed by atoms with van der Waals surface area (Å²) in [6.07, 6.45) is 2.38. The largest absolute Gasteiger partial charge is 0.461 e. The van der Waals surface area contributed by atoms with Crippen LogP contribution in [0.25, 0.3) is 0 Å². The number of allylic oxidation sites excluding steroid dienone is 3. The summed E-state index contributed by atoms with van der Waals surface area (Å²) < 4.78 is 137. The molecular formula is C60H113F6O10PSi4. The molecule has 0 saturated heterocycles. The summed E-state index contributed by atoms with van der Waals surface area (Å²) in [7, 11) is -14.8. The van der Waals surface area contributed by atoms with Crippen LogP contribution >= 0.6 is 7.60 Å². The Bertz CT molecular complexity index is 2050. The summed E-state index contributed by atoms with van der Waals surface area (Å²) in [6, 6.07) is 0. The zero-order valence-corrected chi connectivity index (χ0v) is 59.8. The van der Waals surface area contributed by atoms with E-state index in [1.54, 1.807) is 25.2 Å². The highest BCUT2D eigenvalue weighted by Crippen LogP contribution is 2.51. The van der Waals surface area contributed by atoms with Crippen molar-refractivity contribution in [1.29, 1.82) is 0 Å². The first-order chi connectivity index (χ1) is 36.1. The summed E-state index contributed by atoms with van der Waals surface area (Å²) >= 11 is 0. The number of halogens is 6. The van der Waals surface area contributed by atoms with Gasteiger partial charge in [-0.1, -0.05) is 168 Å². The van der Waals surface area contributed by atoms with Gasteiger partial charge in [0.2, 0.25) is 0 Å². The van der Waals surface area contributed by atoms with Crippen LogP contribution in [0.5, 0.6) is 0 Å². The molecule has 0 saturated carbocycles. The van der Waals surface area contributed by atoms with Gasteiger partial charge in [-0.05, 0) is 122 Å². The average molecular weight is 1250 g/mol. The third-order valence-electron chi connectivity index (χ3n) is 17.6. The van der Waals surface area contributed by atoms with Crippen molar-refractivity contribution in [3.8, 4) is 0 Å². The van der Waals surface area contributed by atoms with Crippen LogP contribution in [0.2, 0.25) is 72.5 Å². The second kappa shape index (κ2) is 31.4. The monoisotopic (exact) mass is 1250 g/mol. The molecule has 0 bridgehead atoms. The van der Waals surface area contributed by atoms with E-state index >= 15 is 0 Å². The standard InChI is InChI=1S/C60H113F6O10PSi4/c1-28-29-31-45(4)54(72-52(68)40-77(69,70-41-59(61,62)63)71-42-60(64,65)66)48(7)50(74-79(22,23)56(11,12)13)36-33-43(2)38-47(6)53(76-81(26,27)58(17,18)19)46(5)34-35-49(73-78(20,21)55(8,9)10)39-51(44(3)32-30-37-67)75-80(24,25)57(14,15)16/h28-32,34-35,37,43-51,53-54H,1,33,36,38-42H2,2-27H3/b31-29-,32-30+,35-34-/t43-,44+,45-,46?,47-,48-,49+,50+,51-,53-,54-/m0/s1. The van der Waals surface area contributed by atoms with Crippen LogP contribution < -0.4 is 0 Å². The molecule has 11 atom stereocenters. The lowest BCUT2D eigenvalue weighted by molar-refractivity contribution is -0.167. The molecule has 0 aromatic carbocycles. The summed E-state index contributed by atoms with van der Waals surface area (Å²) in [6.45, 7) is 55.9. The predicted octanol–water partition coefficient (Wildman–Crippen LogP) is 19.2. The molecule has 21 heteroatoms. The molecule has 0 radical (unpaired) electrons. The minimum Gasteiger partial charge on any atom is -0.461 e. The lowest BCUT2D eigenvalue weighted by Crippen LogP contribution is -2.48. The molecule has 0 heterocycles. The van der Waals surface area contributed by atoms with Gasteiger partial charge in [-0.15, -0.1) is 0 Å². The molecule has 1 unspecified atom stereocenters. The Morgan fingerprint density at radius 3 is 1.36 bits per heavy atom.